The summed E-state index contributed by atoms with van der Waals surface area (Å²) < 4.78 is 69.1. The summed E-state index contributed by atoms with van der Waals surface area (Å²) in [5.41, 5.74) is -1.74. The molecule has 0 aromatic heterocycles. The van der Waals surface area contributed by atoms with E-state index in [1.807, 2.05) is 0 Å². The van der Waals surface area contributed by atoms with E-state index in [0.29, 0.717) is 0 Å². The Morgan fingerprint density at radius 3 is 1.28 bits per heavy atom. The molecule has 0 heterocycles. The molecule has 29 heavy (non-hydrogen) atoms. The molecule has 2 aromatic rings. The van der Waals surface area contributed by atoms with Crippen molar-refractivity contribution in [2.75, 3.05) is 0 Å². The van der Waals surface area contributed by atoms with Crippen LogP contribution in [0.4, 0.5) is 0 Å². The van der Waals surface area contributed by atoms with Crippen LogP contribution in [0.5, 0.6) is 0 Å². The Morgan fingerprint density at radius 1 is 0.690 bits per heavy atom. The third kappa shape index (κ3) is 5.01. The van der Waals surface area contributed by atoms with Crippen LogP contribution in [0, 0.1) is 0 Å². The van der Waals surface area contributed by atoms with E-state index in [9.17, 15) is 35.5 Å². The number of benzene rings is 2. The fourth-order valence-electron chi connectivity index (χ4n) is 2.08. The van der Waals surface area contributed by atoms with Crippen LogP contribution < -0.4 is 0 Å². The highest BCUT2D eigenvalue weighted by atomic mass is 35.5. The predicted octanol–water partition coefficient (Wildman–Crippen LogP) is 3.79. The molecule has 2 N–H and O–H groups in total. The van der Waals surface area contributed by atoms with Gasteiger partial charge in [-0.15, -0.1) is 0 Å². The monoisotopic (exact) mass is 522 g/mol. The maximum atomic E-state index is 12.3. The van der Waals surface area contributed by atoms with E-state index in [4.69, 9.17) is 46.4 Å². The van der Waals surface area contributed by atoms with E-state index in [-0.39, 0.29) is 10.0 Å². The number of carbonyl (C=O) groups excluding carboxylic acids is 2. The first-order chi connectivity index (χ1) is 13.2. The molecule has 0 bridgehead atoms. The first-order valence-corrected chi connectivity index (χ1v) is 11.2. The summed E-state index contributed by atoms with van der Waals surface area (Å²) in [6.45, 7) is 0. The number of ether oxygens (including phenoxy) is 1. The highest BCUT2D eigenvalue weighted by Crippen LogP contribution is 2.34. The van der Waals surface area contributed by atoms with Gasteiger partial charge in [0.05, 0.1) is 31.2 Å². The number of rotatable bonds is 4. The summed E-state index contributed by atoms with van der Waals surface area (Å²) >= 11 is 22.7. The van der Waals surface area contributed by atoms with Gasteiger partial charge >= 0.3 is 11.9 Å². The molecule has 0 radical (unpaired) electrons. The van der Waals surface area contributed by atoms with Crippen molar-refractivity contribution in [2.45, 2.75) is 9.79 Å². The molecule has 0 spiro atoms. The number of hydrogen-bond donors (Lipinski definition) is 2. The van der Waals surface area contributed by atoms with E-state index >= 15 is 0 Å². The number of halogens is 4. The second-order valence-electron chi connectivity index (χ2n) is 5.10. The van der Waals surface area contributed by atoms with Crippen molar-refractivity contribution in [1.29, 1.82) is 0 Å². The standard InChI is InChI=1S/C14H6Cl4O9S2/c15-7-3-1-5(11(9(7)17)28(21,22)23)13(19)27-14(20)6-2-4-8(16)10(18)12(6)29(24,25)26/h1-4H,(H,21,22,23)(H,24,25,26). The molecule has 9 nitrogen and oxygen atoms in total. The van der Waals surface area contributed by atoms with Crippen LogP contribution in [-0.2, 0) is 25.0 Å². The Kier molecular flexibility index (Phi) is 6.87. The van der Waals surface area contributed by atoms with E-state index in [1.165, 1.54) is 0 Å². The fraction of sp³-hybridized carbons (Fsp3) is 0. The molecular weight excluding hydrogens is 518 g/mol. The molecule has 0 saturated carbocycles. The highest BCUT2D eigenvalue weighted by Gasteiger charge is 2.31. The predicted molar refractivity (Wildman–Crippen MR) is 102 cm³/mol. The van der Waals surface area contributed by atoms with Gasteiger partial charge in [0.15, 0.2) is 0 Å². The zero-order chi connectivity index (χ0) is 22.3. The summed E-state index contributed by atoms with van der Waals surface area (Å²) in [6.07, 6.45) is 0. The van der Waals surface area contributed by atoms with Gasteiger partial charge in [-0.2, -0.15) is 16.8 Å². The lowest BCUT2D eigenvalue weighted by Gasteiger charge is -2.11. The minimum Gasteiger partial charge on any atom is -0.386 e. The van der Waals surface area contributed by atoms with E-state index in [0.717, 1.165) is 24.3 Å². The van der Waals surface area contributed by atoms with Crippen LogP contribution in [0.1, 0.15) is 20.7 Å². The van der Waals surface area contributed by atoms with Crippen LogP contribution >= 0.6 is 46.4 Å². The lowest BCUT2D eigenvalue weighted by Crippen LogP contribution is -2.18. The van der Waals surface area contributed by atoms with Gasteiger partial charge in [-0.1, -0.05) is 46.4 Å². The Labute approximate surface area is 183 Å². The number of esters is 2. The Balaban J connectivity index is 2.57. The van der Waals surface area contributed by atoms with Crippen molar-refractivity contribution >= 4 is 78.6 Å². The minimum atomic E-state index is -5.08. The minimum absolute atomic E-state index is 0.333. The van der Waals surface area contributed by atoms with Gasteiger partial charge in [0.2, 0.25) is 0 Å². The largest absolute Gasteiger partial charge is 0.386 e. The first-order valence-electron chi connectivity index (χ1n) is 6.83. The van der Waals surface area contributed by atoms with Crippen LogP contribution in [0.15, 0.2) is 34.1 Å². The summed E-state index contributed by atoms with van der Waals surface area (Å²) in [4.78, 5) is 22.3. The Bertz CT molecular complexity index is 1160. The zero-order valence-corrected chi connectivity index (χ0v) is 18.0. The number of hydrogen-bond acceptors (Lipinski definition) is 7. The molecule has 0 unspecified atom stereocenters. The van der Waals surface area contributed by atoms with E-state index in [1.54, 1.807) is 0 Å². The molecule has 0 saturated heterocycles. The molecule has 0 amide bonds. The van der Waals surface area contributed by atoms with Crippen LogP contribution in [0.2, 0.25) is 20.1 Å². The highest BCUT2D eigenvalue weighted by molar-refractivity contribution is 7.86. The molecule has 2 aromatic carbocycles. The van der Waals surface area contributed by atoms with Crippen molar-refractivity contribution in [1.82, 2.24) is 0 Å². The van der Waals surface area contributed by atoms with Gasteiger partial charge < -0.3 is 4.74 Å². The molecule has 0 atom stereocenters. The van der Waals surface area contributed by atoms with Gasteiger partial charge in [0.1, 0.15) is 9.79 Å². The average molecular weight is 524 g/mol. The maximum Gasteiger partial charge on any atom is 0.347 e. The molecule has 156 valence electrons. The summed E-state index contributed by atoms with van der Waals surface area (Å²) in [7, 11) is -10.2. The quantitative estimate of drug-likeness (QED) is 0.346. The summed E-state index contributed by atoms with van der Waals surface area (Å²) in [6, 6.07) is 3.57. The molecule has 0 aliphatic heterocycles. The molecule has 2 rings (SSSR count). The van der Waals surface area contributed by atoms with Gasteiger partial charge in [-0.05, 0) is 24.3 Å². The van der Waals surface area contributed by atoms with Crippen LogP contribution in [0.25, 0.3) is 0 Å². The molecular formula is C14H6Cl4O9S2. The second-order valence-corrected chi connectivity index (χ2v) is 9.39. The maximum absolute atomic E-state index is 12.3. The second kappa shape index (κ2) is 8.36. The van der Waals surface area contributed by atoms with Gasteiger partial charge in [0.25, 0.3) is 20.2 Å². The van der Waals surface area contributed by atoms with Crippen molar-refractivity contribution in [3.63, 3.8) is 0 Å². The molecule has 0 aliphatic carbocycles. The summed E-state index contributed by atoms with van der Waals surface area (Å²) in [5, 5.41) is -2.10. The average Bonchev–Trinajstić information content (AvgIpc) is 2.56. The van der Waals surface area contributed by atoms with Gasteiger partial charge in [-0.25, -0.2) is 9.59 Å². The molecule has 0 fully saturated rings. The summed E-state index contributed by atoms with van der Waals surface area (Å²) in [5.74, 6) is -3.26. The fourth-order valence-corrected chi connectivity index (χ4v) is 4.96. The third-order valence-electron chi connectivity index (χ3n) is 3.24. The van der Waals surface area contributed by atoms with E-state index in [2.05, 4.69) is 4.74 Å². The van der Waals surface area contributed by atoms with Crippen LogP contribution in [-0.4, -0.2) is 37.9 Å². The van der Waals surface area contributed by atoms with Gasteiger partial charge in [0, 0.05) is 0 Å². The van der Waals surface area contributed by atoms with E-state index < -0.39 is 63.1 Å². The Morgan fingerprint density at radius 2 is 1.00 bits per heavy atom. The molecule has 0 aliphatic rings. The normalized spacial score (nSPS) is 11.9. The van der Waals surface area contributed by atoms with Crippen LogP contribution in [0.3, 0.4) is 0 Å². The van der Waals surface area contributed by atoms with Crippen molar-refractivity contribution in [3.8, 4) is 0 Å². The van der Waals surface area contributed by atoms with Crippen molar-refractivity contribution in [2.24, 2.45) is 0 Å². The zero-order valence-electron chi connectivity index (χ0n) is 13.4. The Hall–Kier alpha value is -1.44. The third-order valence-corrected chi connectivity index (χ3v) is 6.95. The van der Waals surface area contributed by atoms with Crippen molar-refractivity contribution in [3.05, 3.63) is 55.5 Å². The smallest absolute Gasteiger partial charge is 0.347 e. The molecule has 15 heteroatoms. The first kappa shape index (κ1) is 23.8. The SMILES string of the molecule is O=C(OC(=O)c1ccc(Cl)c(Cl)c1S(=O)(=O)O)c1ccc(Cl)c(Cl)c1S(=O)(=O)O. The lowest BCUT2D eigenvalue weighted by atomic mass is 10.2. The van der Waals surface area contributed by atoms with Crippen molar-refractivity contribution < 1.29 is 40.3 Å². The van der Waals surface area contributed by atoms with Gasteiger partial charge in [-0.3, -0.25) is 9.11 Å². The topological polar surface area (TPSA) is 152 Å². The lowest BCUT2D eigenvalue weighted by molar-refractivity contribution is 0.0391. The number of carbonyl (C=O) groups is 2.